The van der Waals surface area contributed by atoms with Gasteiger partial charge in [0.05, 0.1) is 18.8 Å². The topological polar surface area (TPSA) is 92.2 Å². The van der Waals surface area contributed by atoms with Crippen molar-refractivity contribution in [1.29, 1.82) is 0 Å². The van der Waals surface area contributed by atoms with Gasteiger partial charge in [0.1, 0.15) is 0 Å². The van der Waals surface area contributed by atoms with Gasteiger partial charge in [-0.2, -0.15) is 15.0 Å². The lowest BCUT2D eigenvalue weighted by molar-refractivity contribution is 0.265. The molecule has 2 rings (SSSR count). The fraction of sp³-hybridized carbons (Fsp3) is 0.727. The maximum Gasteiger partial charge on any atom is 0.323 e. The summed E-state index contributed by atoms with van der Waals surface area (Å²) in [6.45, 7) is 5.15. The average molecular weight is 253 g/mol. The van der Waals surface area contributed by atoms with E-state index in [1.165, 1.54) is 0 Å². The van der Waals surface area contributed by atoms with Gasteiger partial charge in [-0.05, 0) is 26.7 Å². The highest BCUT2D eigenvalue weighted by molar-refractivity contribution is 5.40. The van der Waals surface area contributed by atoms with Gasteiger partial charge in [-0.3, -0.25) is 0 Å². The third kappa shape index (κ3) is 2.98. The largest absolute Gasteiger partial charge is 0.464 e. The second kappa shape index (κ2) is 5.34. The highest BCUT2D eigenvalue weighted by atomic mass is 16.5. The van der Waals surface area contributed by atoms with Crippen LogP contribution < -0.4 is 15.4 Å². The monoisotopic (exact) mass is 253 g/mol. The zero-order valence-corrected chi connectivity index (χ0v) is 10.7. The average Bonchev–Trinajstić information content (AvgIpc) is 3.10. The summed E-state index contributed by atoms with van der Waals surface area (Å²) in [6, 6.07) is 0.291. The number of aliphatic hydroxyl groups excluding tert-OH is 1. The molecule has 1 heterocycles. The highest BCUT2D eigenvalue weighted by Gasteiger charge is 2.42. The van der Waals surface area contributed by atoms with Gasteiger partial charge >= 0.3 is 6.01 Å². The minimum atomic E-state index is -0.256. The highest BCUT2D eigenvalue weighted by Crippen LogP contribution is 2.37. The fourth-order valence-corrected chi connectivity index (χ4v) is 1.55. The Kier molecular flexibility index (Phi) is 3.81. The quantitative estimate of drug-likeness (QED) is 0.656. The van der Waals surface area contributed by atoms with Gasteiger partial charge in [0.25, 0.3) is 0 Å². The van der Waals surface area contributed by atoms with E-state index in [-0.39, 0.29) is 12.1 Å². The summed E-state index contributed by atoms with van der Waals surface area (Å²) in [7, 11) is 0. The zero-order chi connectivity index (χ0) is 13.0. The first kappa shape index (κ1) is 12.8. The molecule has 1 fully saturated rings. The Morgan fingerprint density at radius 2 is 1.94 bits per heavy atom. The lowest BCUT2D eigenvalue weighted by atomic mass is 10.3. The van der Waals surface area contributed by atoms with E-state index < -0.39 is 0 Å². The van der Waals surface area contributed by atoms with Crippen LogP contribution in [-0.2, 0) is 0 Å². The molecular formula is C11H19N5O2. The van der Waals surface area contributed by atoms with Crippen molar-refractivity contribution in [3.63, 3.8) is 0 Å². The number of ether oxygens (including phenoxy) is 1. The SMILES string of the molecule is CCNc1nc(NC2(CO)CC2)nc(OCC)n1. The minimum absolute atomic E-state index is 0.0825. The molecule has 0 amide bonds. The van der Waals surface area contributed by atoms with Crippen molar-refractivity contribution in [2.75, 3.05) is 30.4 Å². The van der Waals surface area contributed by atoms with Crippen LogP contribution in [0.3, 0.4) is 0 Å². The van der Waals surface area contributed by atoms with Crippen molar-refractivity contribution < 1.29 is 9.84 Å². The molecule has 7 heteroatoms. The van der Waals surface area contributed by atoms with Crippen LogP contribution in [0.1, 0.15) is 26.7 Å². The Balaban J connectivity index is 2.16. The number of nitrogens with zero attached hydrogens (tertiary/aromatic N) is 3. The Labute approximate surface area is 106 Å². The number of rotatable bonds is 7. The van der Waals surface area contributed by atoms with Crippen LogP contribution in [0.25, 0.3) is 0 Å². The molecule has 100 valence electrons. The van der Waals surface area contributed by atoms with E-state index in [2.05, 4.69) is 25.6 Å². The summed E-state index contributed by atoms with van der Waals surface area (Å²) in [5, 5.41) is 15.5. The van der Waals surface area contributed by atoms with E-state index in [0.29, 0.717) is 24.5 Å². The molecule has 0 atom stereocenters. The predicted molar refractivity (Wildman–Crippen MR) is 67.8 cm³/mol. The van der Waals surface area contributed by atoms with Crippen molar-refractivity contribution >= 4 is 11.9 Å². The number of hydrogen-bond donors (Lipinski definition) is 3. The van der Waals surface area contributed by atoms with Crippen LogP contribution in [0.5, 0.6) is 6.01 Å². The summed E-state index contributed by atoms with van der Waals surface area (Å²) in [4.78, 5) is 12.5. The molecule has 18 heavy (non-hydrogen) atoms. The Morgan fingerprint density at radius 3 is 2.50 bits per heavy atom. The molecule has 1 aliphatic carbocycles. The first-order valence-electron chi connectivity index (χ1n) is 6.23. The van der Waals surface area contributed by atoms with Crippen LogP contribution in [0, 0.1) is 0 Å². The maximum absolute atomic E-state index is 9.28. The van der Waals surface area contributed by atoms with Gasteiger partial charge in [-0.25, -0.2) is 0 Å². The second-order valence-corrected chi connectivity index (χ2v) is 4.29. The van der Waals surface area contributed by atoms with E-state index >= 15 is 0 Å². The first-order chi connectivity index (χ1) is 8.71. The van der Waals surface area contributed by atoms with Crippen LogP contribution in [0.2, 0.25) is 0 Å². The maximum atomic E-state index is 9.28. The van der Waals surface area contributed by atoms with Gasteiger partial charge in [0.2, 0.25) is 11.9 Å². The van der Waals surface area contributed by atoms with Crippen LogP contribution in [0.4, 0.5) is 11.9 Å². The molecule has 0 radical (unpaired) electrons. The lowest BCUT2D eigenvalue weighted by Crippen LogP contribution is -2.27. The molecule has 0 aliphatic heterocycles. The predicted octanol–water partition coefficient (Wildman–Crippen LogP) is 0.639. The molecule has 0 saturated heterocycles. The van der Waals surface area contributed by atoms with Crippen molar-refractivity contribution in [2.24, 2.45) is 0 Å². The van der Waals surface area contributed by atoms with Crippen LogP contribution in [0.15, 0.2) is 0 Å². The standard InChI is InChI=1S/C11H19N5O2/c1-3-12-8-13-9(15-10(14-8)18-4-2)16-11(7-17)5-6-11/h17H,3-7H2,1-2H3,(H2,12,13,14,15,16). The minimum Gasteiger partial charge on any atom is -0.464 e. The molecule has 1 aromatic rings. The van der Waals surface area contributed by atoms with Gasteiger partial charge in [-0.15, -0.1) is 0 Å². The third-order valence-electron chi connectivity index (χ3n) is 2.76. The molecule has 7 nitrogen and oxygen atoms in total. The molecule has 0 unspecified atom stereocenters. The first-order valence-corrected chi connectivity index (χ1v) is 6.23. The number of anilines is 2. The van der Waals surface area contributed by atoms with Gasteiger partial charge in [0.15, 0.2) is 0 Å². The smallest absolute Gasteiger partial charge is 0.323 e. The fourth-order valence-electron chi connectivity index (χ4n) is 1.55. The Hall–Kier alpha value is -1.63. The van der Waals surface area contributed by atoms with Gasteiger partial charge in [0, 0.05) is 6.54 Å². The van der Waals surface area contributed by atoms with E-state index in [0.717, 1.165) is 19.4 Å². The Morgan fingerprint density at radius 1 is 1.22 bits per heavy atom. The van der Waals surface area contributed by atoms with Gasteiger partial charge < -0.3 is 20.5 Å². The molecule has 0 bridgehead atoms. The van der Waals surface area contributed by atoms with Gasteiger partial charge in [-0.1, -0.05) is 0 Å². The van der Waals surface area contributed by atoms with Crippen LogP contribution in [-0.4, -0.2) is 45.4 Å². The Bertz CT molecular complexity index is 384. The number of aliphatic hydroxyl groups is 1. The summed E-state index contributed by atoms with van der Waals surface area (Å²) in [5.74, 6) is 0.920. The van der Waals surface area contributed by atoms with E-state index in [1.54, 1.807) is 0 Å². The summed E-state index contributed by atoms with van der Waals surface area (Å²) in [6.07, 6.45) is 1.85. The normalized spacial score (nSPS) is 16.2. The molecule has 3 N–H and O–H groups in total. The summed E-state index contributed by atoms with van der Waals surface area (Å²) in [5.41, 5.74) is -0.256. The second-order valence-electron chi connectivity index (χ2n) is 4.29. The molecule has 1 saturated carbocycles. The van der Waals surface area contributed by atoms with Crippen molar-refractivity contribution in [1.82, 2.24) is 15.0 Å². The number of aromatic nitrogens is 3. The summed E-state index contributed by atoms with van der Waals surface area (Å²) >= 11 is 0. The molecule has 1 aliphatic rings. The van der Waals surface area contributed by atoms with Crippen molar-refractivity contribution in [2.45, 2.75) is 32.2 Å². The molecular weight excluding hydrogens is 234 g/mol. The number of nitrogens with one attached hydrogen (secondary N) is 2. The molecule has 0 spiro atoms. The van der Waals surface area contributed by atoms with Crippen molar-refractivity contribution in [3.8, 4) is 6.01 Å². The van der Waals surface area contributed by atoms with Crippen molar-refractivity contribution in [3.05, 3.63) is 0 Å². The van der Waals surface area contributed by atoms with Crippen LogP contribution >= 0.6 is 0 Å². The third-order valence-corrected chi connectivity index (χ3v) is 2.76. The lowest BCUT2D eigenvalue weighted by Gasteiger charge is -2.15. The number of hydrogen-bond acceptors (Lipinski definition) is 7. The summed E-state index contributed by atoms with van der Waals surface area (Å²) < 4.78 is 5.30. The van der Waals surface area contributed by atoms with E-state index in [1.807, 2.05) is 13.8 Å². The molecule has 0 aromatic carbocycles. The van der Waals surface area contributed by atoms with E-state index in [9.17, 15) is 5.11 Å². The molecule has 1 aromatic heterocycles. The zero-order valence-electron chi connectivity index (χ0n) is 10.7. The van der Waals surface area contributed by atoms with E-state index in [4.69, 9.17) is 4.74 Å².